The van der Waals surface area contributed by atoms with Crippen LogP contribution in [-0.4, -0.2) is 37.1 Å². The number of benzene rings is 1. The molecule has 1 aliphatic rings. The van der Waals surface area contributed by atoms with Crippen LogP contribution in [0.15, 0.2) is 42.7 Å². The molecule has 0 aliphatic carbocycles. The largest absolute Gasteiger partial charge is 0.482 e. The molecule has 0 bridgehead atoms. The predicted molar refractivity (Wildman–Crippen MR) is 95.9 cm³/mol. The highest BCUT2D eigenvalue weighted by molar-refractivity contribution is 5.95. The van der Waals surface area contributed by atoms with Crippen molar-refractivity contribution in [2.24, 2.45) is 0 Å². The predicted octanol–water partition coefficient (Wildman–Crippen LogP) is 1.85. The maximum Gasteiger partial charge on any atom is 0.262 e. The van der Waals surface area contributed by atoms with Gasteiger partial charge in [-0.05, 0) is 35.7 Å². The van der Waals surface area contributed by atoms with Crippen LogP contribution >= 0.6 is 0 Å². The van der Waals surface area contributed by atoms with Crippen molar-refractivity contribution in [3.05, 3.63) is 53.9 Å². The van der Waals surface area contributed by atoms with Crippen molar-refractivity contribution in [2.45, 2.75) is 18.9 Å². The Bertz CT molecular complexity index is 780. The monoisotopic (exact) mass is 355 g/mol. The van der Waals surface area contributed by atoms with Gasteiger partial charge < -0.3 is 20.1 Å². The summed E-state index contributed by atoms with van der Waals surface area (Å²) in [7, 11) is 1.60. The van der Waals surface area contributed by atoms with Gasteiger partial charge in [0, 0.05) is 25.9 Å². The number of amides is 2. The number of rotatable bonds is 7. The third-order valence-electron chi connectivity index (χ3n) is 4.07. The van der Waals surface area contributed by atoms with E-state index in [4.69, 9.17) is 9.47 Å². The van der Waals surface area contributed by atoms with Crippen molar-refractivity contribution in [2.75, 3.05) is 25.6 Å². The molecule has 1 aromatic carbocycles. The van der Waals surface area contributed by atoms with Gasteiger partial charge in [0.15, 0.2) is 6.61 Å². The second kappa shape index (κ2) is 8.44. The molecule has 1 atom stereocenters. The Morgan fingerprint density at radius 1 is 1.42 bits per heavy atom. The normalized spacial score (nSPS) is 14.0. The quantitative estimate of drug-likeness (QED) is 0.791. The summed E-state index contributed by atoms with van der Waals surface area (Å²) in [5, 5.41) is 5.75. The molecule has 7 heteroatoms. The molecule has 0 unspecified atom stereocenters. The van der Waals surface area contributed by atoms with E-state index in [0.717, 1.165) is 11.1 Å². The first-order valence-electron chi connectivity index (χ1n) is 8.39. The number of aromatic nitrogens is 1. The fourth-order valence-electron chi connectivity index (χ4n) is 2.78. The van der Waals surface area contributed by atoms with Gasteiger partial charge in [0.1, 0.15) is 5.75 Å². The summed E-state index contributed by atoms with van der Waals surface area (Å²) in [5.74, 6) is 0.398. The van der Waals surface area contributed by atoms with E-state index in [1.807, 2.05) is 30.3 Å². The van der Waals surface area contributed by atoms with Crippen LogP contribution in [0.2, 0.25) is 0 Å². The smallest absolute Gasteiger partial charge is 0.262 e. The fourth-order valence-corrected chi connectivity index (χ4v) is 2.78. The third-order valence-corrected chi connectivity index (χ3v) is 4.07. The van der Waals surface area contributed by atoms with Crippen molar-refractivity contribution < 1.29 is 19.1 Å². The number of ether oxygens (including phenoxy) is 2. The minimum atomic E-state index is -0.238. The standard InChI is InChI=1S/C19H21N3O4/c1-25-11-16(14-3-2-8-20-10-14)22-18(23)7-5-13-4-6-17-15(9-13)21-19(24)12-26-17/h2-4,6,8-10,16H,5,7,11-12H2,1H3,(H,21,24)(H,22,23)/t16-/m1/s1. The lowest BCUT2D eigenvalue weighted by molar-refractivity contribution is -0.122. The number of pyridine rings is 1. The van der Waals surface area contributed by atoms with E-state index in [-0.39, 0.29) is 24.5 Å². The Morgan fingerprint density at radius 3 is 3.08 bits per heavy atom. The fraction of sp³-hybridized carbons (Fsp3) is 0.316. The lowest BCUT2D eigenvalue weighted by Crippen LogP contribution is -2.31. The van der Waals surface area contributed by atoms with Crippen molar-refractivity contribution in [3.8, 4) is 5.75 Å². The van der Waals surface area contributed by atoms with Crippen LogP contribution in [0.3, 0.4) is 0 Å². The highest BCUT2D eigenvalue weighted by Gasteiger charge is 2.17. The average molecular weight is 355 g/mol. The molecule has 0 radical (unpaired) electrons. The van der Waals surface area contributed by atoms with E-state index < -0.39 is 0 Å². The number of hydrogen-bond acceptors (Lipinski definition) is 5. The number of anilines is 1. The van der Waals surface area contributed by atoms with Crippen molar-refractivity contribution in [1.82, 2.24) is 10.3 Å². The summed E-state index contributed by atoms with van der Waals surface area (Å²) in [6.07, 6.45) is 4.29. The number of methoxy groups -OCH3 is 1. The Balaban J connectivity index is 1.58. The van der Waals surface area contributed by atoms with Crippen molar-refractivity contribution in [1.29, 1.82) is 0 Å². The number of fused-ring (bicyclic) bond motifs is 1. The summed E-state index contributed by atoms with van der Waals surface area (Å²) in [4.78, 5) is 27.8. The first-order valence-corrected chi connectivity index (χ1v) is 8.39. The van der Waals surface area contributed by atoms with Crippen molar-refractivity contribution >= 4 is 17.5 Å². The molecule has 2 aromatic rings. The van der Waals surface area contributed by atoms with E-state index >= 15 is 0 Å². The minimum Gasteiger partial charge on any atom is -0.482 e. The molecule has 26 heavy (non-hydrogen) atoms. The highest BCUT2D eigenvalue weighted by Crippen LogP contribution is 2.28. The lowest BCUT2D eigenvalue weighted by atomic mass is 10.1. The van der Waals surface area contributed by atoms with Gasteiger partial charge >= 0.3 is 0 Å². The Labute approximate surface area is 151 Å². The molecular formula is C19H21N3O4. The zero-order valence-corrected chi connectivity index (χ0v) is 14.5. The Morgan fingerprint density at radius 2 is 2.31 bits per heavy atom. The highest BCUT2D eigenvalue weighted by atomic mass is 16.5. The zero-order chi connectivity index (χ0) is 18.4. The molecule has 1 aliphatic heterocycles. The number of carbonyl (C=O) groups excluding carboxylic acids is 2. The van der Waals surface area contributed by atoms with Gasteiger partial charge in [-0.25, -0.2) is 0 Å². The second-order valence-corrected chi connectivity index (χ2v) is 6.03. The van der Waals surface area contributed by atoms with E-state index in [1.54, 1.807) is 19.5 Å². The van der Waals surface area contributed by atoms with Gasteiger partial charge in [-0.1, -0.05) is 12.1 Å². The number of nitrogens with zero attached hydrogens (tertiary/aromatic N) is 1. The number of hydrogen-bond donors (Lipinski definition) is 2. The van der Waals surface area contributed by atoms with Crippen LogP contribution in [0.5, 0.6) is 5.75 Å². The van der Waals surface area contributed by atoms with E-state index in [9.17, 15) is 9.59 Å². The SMILES string of the molecule is COC[C@@H](NC(=O)CCc1ccc2c(c1)NC(=O)CO2)c1cccnc1. The third kappa shape index (κ3) is 4.58. The van der Waals surface area contributed by atoms with Crippen LogP contribution in [0, 0.1) is 0 Å². The van der Waals surface area contributed by atoms with Crippen LogP contribution in [0.1, 0.15) is 23.6 Å². The molecule has 0 spiro atoms. The number of nitrogens with one attached hydrogen (secondary N) is 2. The molecule has 0 saturated carbocycles. The summed E-state index contributed by atoms with van der Waals surface area (Å²) in [6.45, 7) is 0.406. The number of carbonyl (C=O) groups is 2. The van der Waals surface area contributed by atoms with Crippen molar-refractivity contribution in [3.63, 3.8) is 0 Å². The first-order chi connectivity index (χ1) is 12.7. The molecule has 3 rings (SSSR count). The molecule has 2 amide bonds. The lowest BCUT2D eigenvalue weighted by Gasteiger charge is -2.19. The molecular weight excluding hydrogens is 334 g/mol. The molecule has 0 saturated heterocycles. The van der Waals surface area contributed by atoms with E-state index in [1.165, 1.54) is 0 Å². The zero-order valence-electron chi connectivity index (χ0n) is 14.5. The maximum absolute atomic E-state index is 12.3. The van der Waals surface area contributed by atoms with E-state index in [2.05, 4.69) is 15.6 Å². The van der Waals surface area contributed by atoms with Gasteiger partial charge in [0.25, 0.3) is 5.91 Å². The number of aryl methyl sites for hydroxylation is 1. The minimum absolute atomic E-state index is 0.0317. The van der Waals surface area contributed by atoms with Crippen LogP contribution < -0.4 is 15.4 Å². The summed E-state index contributed by atoms with van der Waals surface area (Å²) in [5.41, 5.74) is 2.50. The maximum atomic E-state index is 12.3. The molecule has 2 N–H and O–H groups in total. The first kappa shape index (κ1) is 17.9. The van der Waals surface area contributed by atoms with Crippen LogP contribution in [-0.2, 0) is 20.7 Å². The Hall–Kier alpha value is -2.93. The van der Waals surface area contributed by atoms with Gasteiger partial charge in [-0.15, -0.1) is 0 Å². The summed E-state index contributed by atoms with van der Waals surface area (Å²) >= 11 is 0. The molecule has 2 heterocycles. The van der Waals surface area contributed by atoms with Gasteiger partial charge in [0.05, 0.1) is 18.3 Å². The second-order valence-electron chi connectivity index (χ2n) is 6.03. The molecule has 1 aromatic heterocycles. The average Bonchev–Trinajstić information content (AvgIpc) is 2.66. The van der Waals surface area contributed by atoms with Gasteiger partial charge in [0.2, 0.25) is 5.91 Å². The summed E-state index contributed by atoms with van der Waals surface area (Å²) < 4.78 is 10.5. The van der Waals surface area contributed by atoms with Gasteiger partial charge in [-0.3, -0.25) is 14.6 Å². The molecule has 136 valence electrons. The van der Waals surface area contributed by atoms with Gasteiger partial charge in [-0.2, -0.15) is 0 Å². The van der Waals surface area contributed by atoms with Crippen LogP contribution in [0.4, 0.5) is 5.69 Å². The molecule has 7 nitrogen and oxygen atoms in total. The van der Waals surface area contributed by atoms with Crippen LogP contribution in [0.25, 0.3) is 0 Å². The molecule has 0 fully saturated rings. The van der Waals surface area contributed by atoms with E-state index in [0.29, 0.717) is 30.9 Å². The summed E-state index contributed by atoms with van der Waals surface area (Å²) in [6, 6.07) is 9.05. The Kier molecular flexibility index (Phi) is 5.80. The topological polar surface area (TPSA) is 89.6 Å².